The number of hydrogen-bond acceptors (Lipinski definition) is 4. The molecule has 0 rings (SSSR count). The van der Waals surface area contributed by atoms with Crippen LogP contribution in [0.5, 0.6) is 0 Å². The summed E-state index contributed by atoms with van der Waals surface area (Å²) in [5, 5.41) is 0. The van der Waals surface area contributed by atoms with Gasteiger partial charge in [-0.3, -0.25) is 4.79 Å². The van der Waals surface area contributed by atoms with E-state index in [-0.39, 0.29) is 11.9 Å². The van der Waals surface area contributed by atoms with Crippen molar-refractivity contribution in [2.24, 2.45) is 0 Å². The fourth-order valence-electron chi connectivity index (χ4n) is 0.970. The van der Waals surface area contributed by atoms with Crippen LogP contribution in [0, 0.1) is 0 Å². The van der Waals surface area contributed by atoms with E-state index in [2.05, 4.69) is 41.3 Å². The van der Waals surface area contributed by atoms with Gasteiger partial charge in [0, 0.05) is 6.42 Å². The molecule has 0 saturated heterocycles. The minimum Gasteiger partial charge on any atom is -0.469 e. The third kappa shape index (κ3) is 6.14. The molecule has 4 nitrogen and oxygen atoms in total. The van der Waals surface area contributed by atoms with Gasteiger partial charge in [0.1, 0.15) is 0 Å². The molecule has 15 heavy (non-hydrogen) atoms. The summed E-state index contributed by atoms with van der Waals surface area (Å²) in [5.41, 5.74) is 0. The molecule has 0 heterocycles. The third-order valence-electron chi connectivity index (χ3n) is 1.83. The van der Waals surface area contributed by atoms with E-state index in [4.69, 9.17) is 0 Å². The van der Waals surface area contributed by atoms with Crippen LogP contribution >= 0.6 is 31.9 Å². The Labute approximate surface area is 106 Å². The number of rotatable bonds is 6. The van der Waals surface area contributed by atoms with Crippen LogP contribution in [0.4, 0.5) is 0 Å². The second-order valence-corrected chi connectivity index (χ2v) is 6.75. The number of esters is 2. The summed E-state index contributed by atoms with van der Waals surface area (Å²) in [4.78, 5) is 22.0. The van der Waals surface area contributed by atoms with E-state index in [0.29, 0.717) is 19.3 Å². The van der Waals surface area contributed by atoms with Crippen molar-refractivity contribution in [3.05, 3.63) is 0 Å². The van der Waals surface area contributed by atoms with Gasteiger partial charge in [-0.1, -0.05) is 38.3 Å². The van der Waals surface area contributed by atoms with Crippen LogP contribution in [-0.2, 0) is 19.1 Å². The number of carbonyl (C=O) groups is 2. The minimum atomic E-state index is -0.842. The lowest BCUT2D eigenvalue weighted by atomic mass is 10.1. The summed E-state index contributed by atoms with van der Waals surface area (Å²) in [6.45, 7) is 0. The Kier molecular flexibility index (Phi) is 7.17. The van der Waals surface area contributed by atoms with Crippen molar-refractivity contribution in [3.8, 4) is 0 Å². The summed E-state index contributed by atoms with van der Waals surface area (Å²) in [5.74, 6) is -0.608. The molecule has 0 aromatic heterocycles. The number of methoxy groups -OCH3 is 2. The molecule has 0 N–H and O–H groups in total. The zero-order valence-corrected chi connectivity index (χ0v) is 11.9. The minimum absolute atomic E-state index is 0.234. The highest BCUT2D eigenvalue weighted by molar-refractivity contribution is 9.25. The van der Waals surface area contributed by atoms with Crippen LogP contribution < -0.4 is 0 Å². The van der Waals surface area contributed by atoms with E-state index in [9.17, 15) is 9.59 Å². The molecule has 6 heteroatoms. The van der Waals surface area contributed by atoms with Crippen molar-refractivity contribution < 1.29 is 19.1 Å². The van der Waals surface area contributed by atoms with Crippen LogP contribution in [0.25, 0.3) is 0 Å². The summed E-state index contributed by atoms with van der Waals surface area (Å²) < 4.78 is 8.24. The van der Waals surface area contributed by atoms with Crippen molar-refractivity contribution in [2.75, 3.05) is 14.2 Å². The van der Waals surface area contributed by atoms with Crippen LogP contribution in [0.2, 0.25) is 0 Å². The highest BCUT2D eigenvalue weighted by Crippen LogP contribution is 2.33. The summed E-state index contributed by atoms with van der Waals surface area (Å²) in [7, 11) is 2.68. The van der Waals surface area contributed by atoms with Gasteiger partial charge in [-0.15, -0.1) is 0 Å². The lowest BCUT2D eigenvalue weighted by Crippen LogP contribution is -2.26. The van der Waals surface area contributed by atoms with Gasteiger partial charge >= 0.3 is 11.9 Å². The van der Waals surface area contributed by atoms with Crippen LogP contribution in [0.3, 0.4) is 0 Å². The molecule has 0 unspecified atom stereocenters. The number of unbranched alkanes of at least 4 members (excludes halogenated alkanes) is 1. The number of ether oxygens (including phenoxy) is 2. The predicted molar refractivity (Wildman–Crippen MR) is 63.1 cm³/mol. The first-order chi connectivity index (χ1) is 6.94. The maximum Gasteiger partial charge on any atom is 0.333 e. The normalized spacial score (nSPS) is 10.9. The Balaban J connectivity index is 3.75. The van der Waals surface area contributed by atoms with Crippen LogP contribution in [-0.4, -0.2) is 29.4 Å². The fraction of sp³-hybridized carbons (Fsp3) is 0.778. The van der Waals surface area contributed by atoms with Crippen molar-refractivity contribution in [3.63, 3.8) is 0 Å². The fourth-order valence-corrected chi connectivity index (χ4v) is 1.85. The second kappa shape index (κ2) is 7.22. The smallest absolute Gasteiger partial charge is 0.333 e. The molecule has 0 saturated carbocycles. The van der Waals surface area contributed by atoms with Gasteiger partial charge in [-0.25, -0.2) is 4.79 Å². The van der Waals surface area contributed by atoms with E-state index in [0.717, 1.165) is 6.42 Å². The highest BCUT2D eigenvalue weighted by Gasteiger charge is 2.32. The van der Waals surface area contributed by atoms with Crippen molar-refractivity contribution in [1.82, 2.24) is 0 Å². The van der Waals surface area contributed by atoms with Crippen LogP contribution in [0.15, 0.2) is 0 Å². The average Bonchev–Trinajstić information content (AvgIpc) is 2.22. The van der Waals surface area contributed by atoms with Crippen molar-refractivity contribution >= 4 is 43.8 Å². The van der Waals surface area contributed by atoms with E-state index < -0.39 is 3.23 Å². The first-order valence-corrected chi connectivity index (χ1v) is 6.05. The monoisotopic (exact) mass is 344 g/mol. The van der Waals surface area contributed by atoms with Crippen molar-refractivity contribution in [2.45, 2.75) is 28.9 Å². The van der Waals surface area contributed by atoms with Gasteiger partial charge in [0.15, 0.2) is 3.23 Å². The van der Waals surface area contributed by atoms with Gasteiger partial charge in [-0.2, -0.15) is 0 Å². The average molecular weight is 346 g/mol. The van der Waals surface area contributed by atoms with Crippen molar-refractivity contribution in [1.29, 1.82) is 0 Å². The molecule has 0 spiro atoms. The molecule has 0 aliphatic heterocycles. The lowest BCUT2D eigenvalue weighted by Gasteiger charge is -2.16. The maximum atomic E-state index is 11.2. The molecule has 0 radical (unpaired) electrons. The summed E-state index contributed by atoms with van der Waals surface area (Å²) in [6, 6.07) is 0. The van der Waals surface area contributed by atoms with Gasteiger partial charge in [0.2, 0.25) is 0 Å². The Morgan fingerprint density at radius 1 is 1.13 bits per heavy atom. The standard InChI is InChI=1S/C9H14Br2O4/c1-14-7(12)5-3-4-6-9(10,11)8(13)15-2/h3-6H2,1-2H3. The SMILES string of the molecule is COC(=O)CCCCC(Br)(Br)C(=O)OC. The number of carbonyl (C=O) groups excluding carboxylic acids is 2. The molecular formula is C9H14Br2O4. The van der Waals surface area contributed by atoms with E-state index in [1.807, 2.05) is 0 Å². The molecular weight excluding hydrogens is 332 g/mol. The number of alkyl halides is 2. The first kappa shape index (κ1) is 14.9. The highest BCUT2D eigenvalue weighted by atomic mass is 79.9. The van der Waals surface area contributed by atoms with E-state index >= 15 is 0 Å². The molecule has 88 valence electrons. The van der Waals surface area contributed by atoms with Gasteiger partial charge in [-0.05, 0) is 12.8 Å². The maximum absolute atomic E-state index is 11.2. The zero-order valence-electron chi connectivity index (χ0n) is 8.72. The third-order valence-corrected chi connectivity index (χ3v) is 3.27. The largest absolute Gasteiger partial charge is 0.469 e. The number of halogens is 2. The number of hydrogen-bond donors (Lipinski definition) is 0. The molecule has 0 amide bonds. The lowest BCUT2D eigenvalue weighted by molar-refractivity contribution is -0.141. The molecule has 0 aromatic rings. The molecule has 0 fully saturated rings. The Hall–Kier alpha value is -0.100. The molecule has 0 aromatic carbocycles. The summed E-state index contributed by atoms with van der Waals surface area (Å²) >= 11 is 6.44. The van der Waals surface area contributed by atoms with Gasteiger partial charge in [0.05, 0.1) is 14.2 Å². The Bertz CT molecular complexity index is 228. The first-order valence-electron chi connectivity index (χ1n) is 4.47. The van der Waals surface area contributed by atoms with Gasteiger partial charge in [0.25, 0.3) is 0 Å². The molecule has 0 atom stereocenters. The van der Waals surface area contributed by atoms with Crippen LogP contribution in [0.1, 0.15) is 25.7 Å². The second-order valence-electron chi connectivity index (χ2n) is 2.98. The quantitative estimate of drug-likeness (QED) is 0.421. The molecule has 0 aliphatic carbocycles. The molecule has 0 aliphatic rings. The Morgan fingerprint density at radius 3 is 2.20 bits per heavy atom. The topological polar surface area (TPSA) is 52.6 Å². The Morgan fingerprint density at radius 2 is 1.73 bits per heavy atom. The summed E-state index contributed by atoms with van der Waals surface area (Å²) in [6.07, 6.45) is 2.33. The molecule has 0 bridgehead atoms. The zero-order chi connectivity index (χ0) is 11.9. The predicted octanol–water partition coefficient (Wildman–Crippen LogP) is 2.38. The van der Waals surface area contributed by atoms with E-state index in [1.165, 1.54) is 14.2 Å². The van der Waals surface area contributed by atoms with Gasteiger partial charge < -0.3 is 9.47 Å². The van der Waals surface area contributed by atoms with E-state index in [1.54, 1.807) is 0 Å².